The molecule has 2 N–H and O–H groups in total. The zero-order valence-electron chi connectivity index (χ0n) is 11.7. The highest BCUT2D eigenvalue weighted by Crippen LogP contribution is 2.24. The lowest BCUT2D eigenvalue weighted by molar-refractivity contribution is -0.0599. The second kappa shape index (κ2) is 5.77. The average Bonchev–Trinajstić information content (AvgIpc) is 2.37. The molecule has 1 aromatic rings. The summed E-state index contributed by atoms with van der Waals surface area (Å²) in [5.74, 6) is 0. The quantitative estimate of drug-likeness (QED) is 0.859. The van der Waals surface area contributed by atoms with E-state index in [2.05, 4.69) is 9.71 Å². The Morgan fingerprint density at radius 1 is 1.50 bits per heavy atom. The number of aliphatic hydroxyl groups is 1. The van der Waals surface area contributed by atoms with Gasteiger partial charge >= 0.3 is 0 Å². The second-order valence-electron chi connectivity index (χ2n) is 5.58. The maximum Gasteiger partial charge on any atom is 0.258 e. The third-order valence-corrected chi connectivity index (χ3v) is 4.71. The standard InChI is InChI=1S/C13H20N2O4S/c1-13(2)7-11(5-6-19-13)15-20(17,18)12-4-3-10(9-16)8-14-12/h3-4,8,11,15-16H,5-7,9H2,1-2H3. The number of nitrogens with one attached hydrogen (secondary N) is 1. The van der Waals surface area contributed by atoms with E-state index in [1.807, 2.05) is 13.8 Å². The molecule has 112 valence electrons. The predicted molar refractivity (Wildman–Crippen MR) is 73.5 cm³/mol. The molecule has 0 aromatic carbocycles. The molecule has 20 heavy (non-hydrogen) atoms. The van der Waals surface area contributed by atoms with Crippen LogP contribution in [-0.2, 0) is 21.4 Å². The van der Waals surface area contributed by atoms with Crippen molar-refractivity contribution >= 4 is 10.0 Å². The maximum absolute atomic E-state index is 12.2. The van der Waals surface area contributed by atoms with Gasteiger partial charge in [0.25, 0.3) is 10.0 Å². The minimum atomic E-state index is -3.63. The summed E-state index contributed by atoms with van der Waals surface area (Å²) in [5.41, 5.74) is 0.260. The second-order valence-corrected chi connectivity index (χ2v) is 7.24. The summed E-state index contributed by atoms with van der Waals surface area (Å²) in [6, 6.07) is 2.80. The normalized spacial score (nSPS) is 22.6. The van der Waals surface area contributed by atoms with Crippen LogP contribution in [0.4, 0.5) is 0 Å². The zero-order valence-corrected chi connectivity index (χ0v) is 12.5. The number of hydrogen-bond donors (Lipinski definition) is 2. The number of sulfonamides is 1. The van der Waals surface area contributed by atoms with Crippen LogP contribution in [-0.4, -0.2) is 36.8 Å². The molecule has 1 fully saturated rings. The highest BCUT2D eigenvalue weighted by molar-refractivity contribution is 7.89. The van der Waals surface area contributed by atoms with Crippen LogP contribution in [0, 0.1) is 0 Å². The summed E-state index contributed by atoms with van der Waals surface area (Å²) in [6.45, 7) is 4.27. The monoisotopic (exact) mass is 300 g/mol. The van der Waals surface area contributed by atoms with Crippen LogP contribution >= 0.6 is 0 Å². The minimum Gasteiger partial charge on any atom is -0.392 e. The average molecular weight is 300 g/mol. The van der Waals surface area contributed by atoms with Crippen molar-refractivity contribution in [2.45, 2.75) is 50.0 Å². The lowest BCUT2D eigenvalue weighted by atomic mass is 9.95. The van der Waals surface area contributed by atoms with Gasteiger partial charge in [0.15, 0.2) is 5.03 Å². The van der Waals surface area contributed by atoms with E-state index in [0.717, 1.165) is 0 Å². The van der Waals surface area contributed by atoms with Crippen LogP contribution in [0.5, 0.6) is 0 Å². The van der Waals surface area contributed by atoms with Crippen LogP contribution < -0.4 is 4.72 Å². The van der Waals surface area contributed by atoms with E-state index in [-0.39, 0.29) is 23.3 Å². The van der Waals surface area contributed by atoms with Crippen molar-refractivity contribution in [1.29, 1.82) is 0 Å². The van der Waals surface area contributed by atoms with Crippen LogP contribution in [0.25, 0.3) is 0 Å². The number of ether oxygens (including phenoxy) is 1. The fourth-order valence-electron chi connectivity index (χ4n) is 2.28. The molecule has 1 aliphatic rings. The van der Waals surface area contributed by atoms with E-state index < -0.39 is 10.0 Å². The maximum atomic E-state index is 12.2. The number of aliphatic hydroxyl groups excluding tert-OH is 1. The molecule has 1 saturated heterocycles. The molecule has 1 aliphatic heterocycles. The van der Waals surface area contributed by atoms with E-state index in [4.69, 9.17) is 9.84 Å². The topological polar surface area (TPSA) is 88.5 Å². The molecule has 7 heteroatoms. The molecule has 1 atom stereocenters. The smallest absolute Gasteiger partial charge is 0.258 e. The van der Waals surface area contributed by atoms with E-state index in [0.29, 0.717) is 25.0 Å². The largest absolute Gasteiger partial charge is 0.392 e. The molecular weight excluding hydrogens is 280 g/mol. The molecule has 2 rings (SSSR count). The number of nitrogens with zero attached hydrogens (tertiary/aromatic N) is 1. The fraction of sp³-hybridized carbons (Fsp3) is 0.615. The van der Waals surface area contributed by atoms with Crippen molar-refractivity contribution in [3.8, 4) is 0 Å². The van der Waals surface area contributed by atoms with E-state index in [1.54, 1.807) is 6.07 Å². The van der Waals surface area contributed by atoms with Gasteiger partial charge in [0.2, 0.25) is 0 Å². The molecule has 0 saturated carbocycles. The van der Waals surface area contributed by atoms with Gasteiger partial charge in [0.1, 0.15) is 0 Å². The predicted octanol–water partition coefficient (Wildman–Crippen LogP) is 0.810. The van der Waals surface area contributed by atoms with Crippen molar-refractivity contribution in [3.05, 3.63) is 23.9 Å². The summed E-state index contributed by atoms with van der Waals surface area (Å²) in [6.07, 6.45) is 2.64. The summed E-state index contributed by atoms with van der Waals surface area (Å²) in [4.78, 5) is 3.88. The van der Waals surface area contributed by atoms with Gasteiger partial charge in [0.05, 0.1) is 12.2 Å². The summed E-state index contributed by atoms with van der Waals surface area (Å²) < 4.78 is 32.7. The van der Waals surface area contributed by atoms with Gasteiger partial charge in [-0.05, 0) is 38.3 Å². The Balaban J connectivity index is 2.10. The Kier molecular flexibility index (Phi) is 4.43. The Labute approximate surface area is 119 Å². The molecule has 0 aliphatic carbocycles. The third-order valence-electron chi connectivity index (χ3n) is 3.27. The first-order chi connectivity index (χ1) is 9.32. The summed E-state index contributed by atoms with van der Waals surface area (Å²) >= 11 is 0. The Bertz CT molecular complexity index is 554. The van der Waals surface area contributed by atoms with Gasteiger partial charge in [-0.15, -0.1) is 0 Å². The SMILES string of the molecule is CC1(C)CC(NS(=O)(=O)c2ccc(CO)cn2)CCO1. The summed E-state index contributed by atoms with van der Waals surface area (Å²) in [5, 5.41) is 8.90. The van der Waals surface area contributed by atoms with E-state index in [9.17, 15) is 8.42 Å². The van der Waals surface area contributed by atoms with Gasteiger partial charge in [-0.25, -0.2) is 18.1 Å². The number of hydrogen-bond acceptors (Lipinski definition) is 5. The fourth-order valence-corrected chi connectivity index (χ4v) is 3.48. The van der Waals surface area contributed by atoms with Crippen molar-refractivity contribution in [1.82, 2.24) is 9.71 Å². The molecule has 0 spiro atoms. The molecule has 0 radical (unpaired) electrons. The molecule has 6 nitrogen and oxygen atoms in total. The van der Waals surface area contributed by atoms with Crippen molar-refractivity contribution < 1.29 is 18.3 Å². The van der Waals surface area contributed by atoms with Crippen LogP contribution in [0.2, 0.25) is 0 Å². The summed E-state index contributed by atoms with van der Waals surface area (Å²) in [7, 11) is -3.63. The van der Waals surface area contributed by atoms with Gasteiger partial charge in [-0.2, -0.15) is 0 Å². The number of aromatic nitrogens is 1. The lowest BCUT2D eigenvalue weighted by Gasteiger charge is -2.35. The van der Waals surface area contributed by atoms with Crippen LogP contribution in [0.15, 0.2) is 23.4 Å². The Hall–Kier alpha value is -1.02. The molecule has 0 amide bonds. The first-order valence-electron chi connectivity index (χ1n) is 6.54. The molecular formula is C13H20N2O4S. The zero-order chi connectivity index (χ0) is 14.8. The Morgan fingerprint density at radius 2 is 2.25 bits per heavy atom. The van der Waals surface area contributed by atoms with E-state index in [1.165, 1.54) is 12.3 Å². The molecule has 1 unspecified atom stereocenters. The molecule has 2 heterocycles. The molecule has 0 bridgehead atoms. The first-order valence-corrected chi connectivity index (χ1v) is 8.03. The number of rotatable bonds is 4. The van der Waals surface area contributed by atoms with Crippen LogP contribution in [0.3, 0.4) is 0 Å². The molecule has 1 aromatic heterocycles. The first kappa shape index (κ1) is 15.4. The van der Waals surface area contributed by atoms with E-state index >= 15 is 0 Å². The third kappa shape index (κ3) is 3.76. The van der Waals surface area contributed by atoms with Gasteiger partial charge in [-0.1, -0.05) is 6.07 Å². The minimum absolute atomic E-state index is 0.0287. The van der Waals surface area contributed by atoms with Gasteiger partial charge in [0, 0.05) is 18.8 Å². The van der Waals surface area contributed by atoms with Crippen LogP contribution in [0.1, 0.15) is 32.3 Å². The Morgan fingerprint density at radius 3 is 2.80 bits per heavy atom. The van der Waals surface area contributed by atoms with Gasteiger partial charge < -0.3 is 9.84 Å². The van der Waals surface area contributed by atoms with Crippen molar-refractivity contribution in [2.24, 2.45) is 0 Å². The van der Waals surface area contributed by atoms with Crippen molar-refractivity contribution in [3.63, 3.8) is 0 Å². The highest BCUT2D eigenvalue weighted by atomic mass is 32.2. The van der Waals surface area contributed by atoms with Gasteiger partial charge in [-0.3, -0.25) is 0 Å². The number of pyridine rings is 1. The lowest BCUT2D eigenvalue weighted by Crippen LogP contribution is -2.45. The highest BCUT2D eigenvalue weighted by Gasteiger charge is 2.31. The van der Waals surface area contributed by atoms with Crippen molar-refractivity contribution in [2.75, 3.05) is 6.61 Å².